The summed E-state index contributed by atoms with van der Waals surface area (Å²) in [4.78, 5) is 63.3. The molecule has 0 radical (unpaired) electrons. The number of carbonyl (C=O) groups is 4. The Balaban J connectivity index is 1.15. The van der Waals surface area contributed by atoms with Crippen LogP contribution in [0.15, 0.2) is 30.4 Å². The highest BCUT2D eigenvalue weighted by atomic mass is 32.2. The number of hydrogen-bond acceptors (Lipinski definition) is 9. The molecule has 1 aromatic carbocycles. The Morgan fingerprint density at radius 2 is 1.88 bits per heavy atom. The number of amides is 4. The average molecular weight is 808 g/mol. The molecule has 15 heteroatoms. The molecule has 4 heterocycles. The summed E-state index contributed by atoms with van der Waals surface area (Å²) in [6.45, 7) is 5.61. The highest BCUT2D eigenvalue weighted by Crippen LogP contribution is 2.51. The number of sulfonamides is 1. The second kappa shape index (κ2) is 14.8. The molecule has 5 unspecified atom stereocenters. The molecule has 5 atom stereocenters. The van der Waals surface area contributed by atoms with E-state index in [4.69, 9.17) is 14.5 Å². The first kappa shape index (κ1) is 39.6. The van der Waals surface area contributed by atoms with Gasteiger partial charge in [0.1, 0.15) is 34.8 Å². The predicted molar refractivity (Wildman–Crippen MR) is 209 cm³/mol. The quantitative estimate of drug-likeness (QED) is 0.308. The van der Waals surface area contributed by atoms with Crippen LogP contribution in [-0.2, 0) is 35.6 Å². The topological polar surface area (TPSA) is 173 Å². The van der Waals surface area contributed by atoms with Crippen molar-refractivity contribution >= 4 is 44.7 Å². The van der Waals surface area contributed by atoms with Crippen molar-refractivity contribution in [2.45, 2.75) is 145 Å². The Hall–Kier alpha value is -4.27. The molecule has 57 heavy (non-hydrogen) atoms. The third-order valence-corrected chi connectivity index (χ3v) is 15.2. The van der Waals surface area contributed by atoms with Crippen LogP contribution >= 0.6 is 0 Å². The number of benzene rings is 1. The van der Waals surface area contributed by atoms with Crippen LogP contribution in [0.25, 0.3) is 10.9 Å². The van der Waals surface area contributed by atoms with Crippen LogP contribution in [0.4, 0.5) is 9.18 Å². The van der Waals surface area contributed by atoms with E-state index in [1.165, 1.54) is 17.0 Å². The Morgan fingerprint density at radius 1 is 1.09 bits per heavy atom. The maximum Gasteiger partial charge on any atom is 0.407 e. The maximum absolute atomic E-state index is 14.8. The van der Waals surface area contributed by atoms with Gasteiger partial charge in [-0.3, -0.25) is 19.1 Å². The van der Waals surface area contributed by atoms with Crippen molar-refractivity contribution < 1.29 is 41.5 Å². The molecule has 13 nitrogen and oxygen atoms in total. The average Bonchev–Trinajstić information content (AvgIpc) is 4.10. The number of carbonyl (C=O) groups excluding carboxylic acids is 4. The van der Waals surface area contributed by atoms with Crippen molar-refractivity contribution in [3.8, 4) is 5.75 Å². The number of nitrogens with one attached hydrogen (secondary N) is 3. The number of ether oxygens (including phenoxy) is 2. The summed E-state index contributed by atoms with van der Waals surface area (Å²) < 4.78 is 55.0. The number of pyridine rings is 1. The number of fused-ring (bicyclic) bond motifs is 5. The lowest BCUT2D eigenvalue weighted by Gasteiger charge is -2.48. The van der Waals surface area contributed by atoms with E-state index in [9.17, 15) is 32.0 Å². The highest BCUT2D eigenvalue weighted by molar-refractivity contribution is 7.91. The van der Waals surface area contributed by atoms with Gasteiger partial charge < -0.3 is 25.0 Å². The highest BCUT2D eigenvalue weighted by Gasteiger charge is 2.60. The summed E-state index contributed by atoms with van der Waals surface area (Å²) in [6.07, 6.45) is 10.9. The lowest BCUT2D eigenvalue weighted by molar-refractivity contribution is -0.144. The third kappa shape index (κ3) is 7.60. The van der Waals surface area contributed by atoms with Crippen molar-refractivity contribution in [3.05, 3.63) is 47.4 Å². The summed E-state index contributed by atoms with van der Waals surface area (Å²) in [5.74, 6) is -1.86. The molecular formula is C42H54FN5O8S. The Morgan fingerprint density at radius 3 is 2.58 bits per heavy atom. The van der Waals surface area contributed by atoms with Gasteiger partial charge in [0.15, 0.2) is 0 Å². The Bertz CT molecular complexity index is 2120. The third-order valence-electron chi connectivity index (χ3n) is 13.1. The molecule has 6 aliphatic rings. The SMILES string of the molecule is CC(C)COC(=O)NC1CCCCCC=CC2CCC2(C(=O)NS(=O)(=O)C2(C)CC2)NC(=O)C2CC3(CCc4c(c(C5CC5)nc5ccc(F)cc45)O3)CN2C1=O. The second-order valence-corrected chi connectivity index (χ2v) is 20.2. The van der Waals surface area contributed by atoms with E-state index >= 15 is 0 Å². The van der Waals surface area contributed by atoms with Crippen molar-refractivity contribution in [2.75, 3.05) is 13.2 Å². The van der Waals surface area contributed by atoms with E-state index in [2.05, 4.69) is 15.4 Å². The summed E-state index contributed by atoms with van der Waals surface area (Å²) in [6, 6.07) is 2.43. The molecule has 1 aromatic heterocycles. The number of allylic oxidation sites excluding steroid dienone is 1. The zero-order valence-corrected chi connectivity index (χ0v) is 33.9. The molecule has 4 amide bonds. The van der Waals surface area contributed by atoms with Crippen molar-refractivity contribution in [3.63, 3.8) is 0 Å². The Labute approximate surface area is 333 Å². The van der Waals surface area contributed by atoms with E-state index in [1.807, 2.05) is 26.0 Å². The fraction of sp³-hybridized carbons (Fsp3) is 0.643. The van der Waals surface area contributed by atoms with Gasteiger partial charge in [0, 0.05) is 29.2 Å². The van der Waals surface area contributed by atoms with Crippen LogP contribution in [0.5, 0.6) is 5.75 Å². The predicted octanol–water partition coefficient (Wildman–Crippen LogP) is 5.45. The van der Waals surface area contributed by atoms with Crippen LogP contribution in [0.3, 0.4) is 0 Å². The zero-order chi connectivity index (χ0) is 40.3. The van der Waals surface area contributed by atoms with Crippen molar-refractivity contribution in [1.82, 2.24) is 25.2 Å². The van der Waals surface area contributed by atoms with Crippen LogP contribution in [0, 0.1) is 17.7 Å². The van der Waals surface area contributed by atoms with Gasteiger partial charge in [-0.05, 0) is 102 Å². The minimum atomic E-state index is -4.02. The first-order valence-corrected chi connectivity index (χ1v) is 22.2. The maximum atomic E-state index is 14.8. The fourth-order valence-corrected chi connectivity index (χ4v) is 10.3. The smallest absolute Gasteiger partial charge is 0.407 e. The molecule has 1 saturated heterocycles. The van der Waals surface area contributed by atoms with E-state index in [0.717, 1.165) is 36.9 Å². The van der Waals surface area contributed by atoms with Crippen LogP contribution in [0.1, 0.15) is 121 Å². The van der Waals surface area contributed by atoms with E-state index in [0.29, 0.717) is 68.0 Å². The van der Waals surface area contributed by atoms with Gasteiger partial charge in [-0.25, -0.2) is 22.6 Å². The molecule has 8 rings (SSSR count). The number of nitrogens with zero attached hydrogens (tertiary/aromatic N) is 2. The summed E-state index contributed by atoms with van der Waals surface area (Å²) in [7, 11) is -4.02. The molecule has 3 saturated carbocycles. The second-order valence-electron chi connectivity index (χ2n) is 18.0. The summed E-state index contributed by atoms with van der Waals surface area (Å²) in [5, 5.41) is 6.46. The van der Waals surface area contributed by atoms with Crippen molar-refractivity contribution in [1.29, 1.82) is 0 Å². The minimum absolute atomic E-state index is 0.0170. The lowest BCUT2D eigenvalue weighted by atomic mass is 9.65. The van der Waals surface area contributed by atoms with Crippen LogP contribution in [-0.4, -0.2) is 83.2 Å². The number of aromatic nitrogens is 1. The molecule has 4 fully saturated rings. The van der Waals surface area contributed by atoms with Gasteiger partial charge in [-0.2, -0.15) is 0 Å². The van der Waals surface area contributed by atoms with Crippen molar-refractivity contribution in [2.24, 2.45) is 11.8 Å². The van der Waals surface area contributed by atoms with Gasteiger partial charge >= 0.3 is 6.09 Å². The molecule has 3 N–H and O–H groups in total. The number of hydrogen-bond donors (Lipinski definition) is 3. The zero-order valence-electron chi connectivity index (χ0n) is 33.0. The molecular weight excluding hydrogens is 754 g/mol. The van der Waals surface area contributed by atoms with Gasteiger partial charge in [0.25, 0.3) is 5.91 Å². The summed E-state index contributed by atoms with van der Waals surface area (Å²) >= 11 is 0. The number of aryl methyl sites for hydroxylation is 1. The largest absolute Gasteiger partial charge is 0.483 e. The van der Waals surface area contributed by atoms with Gasteiger partial charge in [0.05, 0.1) is 29.1 Å². The first-order chi connectivity index (χ1) is 27.1. The molecule has 308 valence electrons. The molecule has 3 aliphatic heterocycles. The fourth-order valence-electron chi connectivity index (χ4n) is 8.96. The number of halogens is 1. The minimum Gasteiger partial charge on any atom is -0.483 e. The van der Waals surface area contributed by atoms with Crippen LogP contribution in [0.2, 0.25) is 0 Å². The summed E-state index contributed by atoms with van der Waals surface area (Å²) in [5.41, 5.74) is -0.260. The first-order valence-electron chi connectivity index (χ1n) is 20.7. The normalized spacial score (nSPS) is 29.8. The number of alkyl carbamates (subject to hydrolysis) is 1. The van der Waals surface area contributed by atoms with Gasteiger partial charge in [0.2, 0.25) is 21.8 Å². The van der Waals surface area contributed by atoms with E-state index < -0.39 is 67.7 Å². The molecule has 1 spiro atoms. The van der Waals surface area contributed by atoms with E-state index in [1.54, 1.807) is 13.0 Å². The monoisotopic (exact) mass is 807 g/mol. The standard InChI is InChI=1S/C42H54FN5O8S/c1-25(2)23-55-39(52)45-32-10-8-6-4-5-7-9-27-15-18-42(27,38(51)47-57(53,54)40(3)19-20-40)46-36(49)33-22-41(24-48(33)37(32)50)17-16-29-30-21-28(43)13-14-31(30)44-34(26-11-12-26)35(29)56-41/h7,9,13-14,21,25-27,32-33H,4-6,8,10-12,15-20,22-24H2,1-3H3,(H,45,52)(H,46,49)(H,47,51). The van der Waals surface area contributed by atoms with Crippen LogP contribution < -0.4 is 20.1 Å². The number of rotatable bonds is 7. The lowest BCUT2D eigenvalue weighted by Crippen LogP contribution is -2.70. The molecule has 2 aromatic rings. The molecule has 3 aliphatic carbocycles. The van der Waals surface area contributed by atoms with Gasteiger partial charge in [-0.1, -0.05) is 38.8 Å². The van der Waals surface area contributed by atoms with Gasteiger partial charge in [-0.15, -0.1) is 0 Å². The van der Waals surface area contributed by atoms with E-state index in [-0.39, 0.29) is 43.6 Å². The molecule has 0 bridgehead atoms. The Kier molecular flexibility index (Phi) is 10.3.